The van der Waals surface area contributed by atoms with E-state index in [0.29, 0.717) is 29.2 Å². The lowest BCUT2D eigenvalue weighted by Gasteiger charge is -2.30. The first kappa shape index (κ1) is 20.3. The van der Waals surface area contributed by atoms with Gasteiger partial charge in [-0.2, -0.15) is 4.31 Å². The highest BCUT2D eigenvalue weighted by molar-refractivity contribution is 9.10. The molecule has 0 aliphatic carbocycles. The van der Waals surface area contributed by atoms with Gasteiger partial charge in [-0.05, 0) is 65.0 Å². The number of carbonyl (C=O) groups excluding carboxylic acids is 1. The van der Waals surface area contributed by atoms with Crippen LogP contribution in [0, 0.1) is 5.92 Å². The lowest BCUT2D eigenvalue weighted by Crippen LogP contribution is -2.39. The fraction of sp³-hybridized carbons (Fsp3) is 0.333. The number of anilines is 1. The first-order valence-electron chi connectivity index (χ1n) is 8.50. The van der Waals surface area contributed by atoms with Gasteiger partial charge in [-0.3, -0.25) is 4.79 Å². The summed E-state index contributed by atoms with van der Waals surface area (Å²) >= 11 is 9.21. The number of halogens is 2. The summed E-state index contributed by atoms with van der Waals surface area (Å²) in [6.07, 6.45) is 3.42. The third kappa shape index (κ3) is 4.68. The summed E-state index contributed by atoms with van der Waals surface area (Å²) in [7, 11) is -3.52. The summed E-state index contributed by atoms with van der Waals surface area (Å²) in [6.45, 7) is 3.14. The second-order valence-electron chi connectivity index (χ2n) is 6.58. The van der Waals surface area contributed by atoms with Crippen molar-refractivity contribution in [3.05, 3.63) is 51.7 Å². The van der Waals surface area contributed by atoms with Gasteiger partial charge in [0, 0.05) is 29.4 Å². The molecule has 1 unspecified atom stereocenters. The predicted octanol–water partition coefficient (Wildman–Crippen LogP) is 4.17. The molecular formula is C18H19BrClN3O3S. The van der Waals surface area contributed by atoms with Crippen molar-refractivity contribution in [3.63, 3.8) is 0 Å². The summed E-state index contributed by atoms with van der Waals surface area (Å²) in [4.78, 5) is 16.5. The average Bonchev–Trinajstić information content (AvgIpc) is 2.64. The molecule has 1 amide bonds. The highest BCUT2D eigenvalue weighted by atomic mass is 79.9. The van der Waals surface area contributed by atoms with Crippen LogP contribution in [0.4, 0.5) is 5.69 Å². The van der Waals surface area contributed by atoms with Crippen LogP contribution in [0.1, 0.15) is 30.1 Å². The van der Waals surface area contributed by atoms with Crippen LogP contribution < -0.4 is 5.32 Å². The van der Waals surface area contributed by atoms with E-state index >= 15 is 0 Å². The molecule has 3 rings (SSSR count). The summed E-state index contributed by atoms with van der Waals surface area (Å²) in [5.41, 5.74) is 0.701. The molecule has 1 atom stereocenters. The maximum Gasteiger partial charge on any atom is 0.258 e. The Morgan fingerprint density at radius 1 is 1.33 bits per heavy atom. The number of hydrogen-bond acceptors (Lipinski definition) is 4. The molecule has 1 aromatic carbocycles. The summed E-state index contributed by atoms with van der Waals surface area (Å²) in [6, 6.07) is 7.71. The quantitative estimate of drug-likeness (QED) is 0.677. The smallest absolute Gasteiger partial charge is 0.258 e. The van der Waals surface area contributed by atoms with Crippen molar-refractivity contribution in [1.82, 2.24) is 9.29 Å². The van der Waals surface area contributed by atoms with Crippen molar-refractivity contribution in [2.75, 3.05) is 18.4 Å². The van der Waals surface area contributed by atoms with Crippen LogP contribution in [0.3, 0.4) is 0 Å². The van der Waals surface area contributed by atoms with Crippen molar-refractivity contribution < 1.29 is 13.2 Å². The van der Waals surface area contributed by atoms with Crippen molar-refractivity contribution in [2.45, 2.75) is 24.7 Å². The van der Waals surface area contributed by atoms with E-state index in [9.17, 15) is 13.2 Å². The van der Waals surface area contributed by atoms with Gasteiger partial charge in [0.1, 0.15) is 5.15 Å². The lowest BCUT2D eigenvalue weighted by atomic mass is 10.0. The maximum absolute atomic E-state index is 12.8. The third-order valence-corrected chi connectivity index (χ3v) is 7.03. The lowest BCUT2D eigenvalue weighted by molar-refractivity contribution is 0.102. The minimum absolute atomic E-state index is 0.0918. The van der Waals surface area contributed by atoms with Crippen LogP contribution >= 0.6 is 27.5 Å². The third-order valence-electron chi connectivity index (χ3n) is 4.42. The fourth-order valence-electron chi connectivity index (χ4n) is 3.00. The molecule has 9 heteroatoms. The molecule has 1 saturated heterocycles. The molecule has 1 aromatic heterocycles. The molecule has 1 N–H and O–H groups in total. The van der Waals surface area contributed by atoms with E-state index in [-0.39, 0.29) is 15.6 Å². The van der Waals surface area contributed by atoms with E-state index in [1.165, 1.54) is 22.6 Å². The Bertz CT molecular complexity index is 951. The Balaban J connectivity index is 1.75. The molecule has 0 spiro atoms. The van der Waals surface area contributed by atoms with Crippen LogP contribution in [0.25, 0.3) is 0 Å². The molecule has 0 saturated carbocycles. The van der Waals surface area contributed by atoms with E-state index in [1.807, 2.05) is 0 Å². The van der Waals surface area contributed by atoms with Gasteiger partial charge in [0.25, 0.3) is 5.91 Å². The number of aromatic nitrogens is 1. The number of hydrogen-bond donors (Lipinski definition) is 1. The highest BCUT2D eigenvalue weighted by Crippen LogP contribution is 2.25. The van der Waals surface area contributed by atoms with E-state index in [2.05, 4.69) is 33.2 Å². The molecule has 144 valence electrons. The molecule has 1 aliphatic heterocycles. The minimum Gasteiger partial charge on any atom is -0.322 e. The second kappa shape index (κ2) is 8.26. The minimum atomic E-state index is -3.52. The zero-order valence-electron chi connectivity index (χ0n) is 14.7. The number of sulfonamides is 1. The Hall–Kier alpha value is -1.48. The molecule has 0 radical (unpaired) electrons. The summed E-state index contributed by atoms with van der Waals surface area (Å²) in [5, 5.41) is 2.79. The molecule has 2 heterocycles. The average molecular weight is 473 g/mol. The Kier molecular flexibility index (Phi) is 6.20. The van der Waals surface area contributed by atoms with Crippen molar-refractivity contribution in [3.8, 4) is 0 Å². The monoisotopic (exact) mass is 471 g/mol. The molecular weight excluding hydrogens is 454 g/mol. The standard InChI is InChI=1S/C18H19BrClN3O3S/c1-12-3-2-8-23(11-12)27(25,26)15-6-4-14(5-7-15)22-18(24)16-9-13(19)10-21-17(16)20/h4-7,9-10,12H,2-3,8,11H2,1H3,(H,22,24). The Morgan fingerprint density at radius 3 is 2.70 bits per heavy atom. The molecule has 6 nitrogen and oxygen atoms in total. The van der Waals surface area contributed by atoms with Gasteiger partial charge < -0.3 is 5.32 Å². The second-order valence-corrected chi connectivity index (χ2v) is 9.79. The zero-order valence-corrected chi connectivity index (χ0v) is 17.8. The first-order chi connectivity index (χ1) is 12.8. The molecule has 1 aliphatic rings. The Morgan fingerprint density at radius 2 is 2.04 bits per heavy atom. The van der Waals surface area contributed by atoms with Gasteiger partial charge in [0.2, 0.25) is 10.0 Å². The number of pyridine rings is 1. The normalized spacial score (nSPS) is 18.3. The zero-order chi connectivity index (χ0) is 19.6. The Labute approximate surface area is 172 Å². The highest BCUT2D eigenvalue weighted by Gasteiger charge is 2.28. The number of carbonyl (C=O) groups is 1. The molecule has 0 bridgehead atoms. The van der Waals surface area contributed by atoms with E-state index in [0.717, 1.165) is 12.8 Å². The number of amides is 1. The van der Waals surface area contributed by atoms with Crippen LogP contribution in [0.5, 0.6) is 0 Å². The van der Waals surface area contributed by atoms with Crippen molar-refractivity contribution in [2.24, 2.45) is 5.92 Å². The number of benzene rings is 1. The van der Waals surface area contributed by atoms with Gasteiger partial charge in [-0.15, -0.1) is 0 Å². The van der Waals surface area contributed by atoms with Crippen molar-refractivity contribution >= 4 is 49.1 Å². The van der Waals surface area contributed by atoms with E-state index in [1.54, 1.807) is 18.2 Å². The van der Waals surface area contributed by atoms with Gasteiger partial charge >= 0.3 is 0 Å². The molecule has 27 heavy (non-hydrogen) atoms. The van der Waals surface area contributed by atoms with Crippen LogP contribution in [-0.4, -0.2) is 36.7 Å². The summed E-state index contributed by atoms with van der Waals surface area (Å²) in [5.74, 6) is -0.0649. The van der Waals surface area contributed by atoms with Gasteiger partial charge in [0.05, 0.1) is 10.5 Å². The first-order valence-corrected chi connectivity index (χ1v) is 11.1. The van der Waals surface area contributed by atoms with Crippen LogP contribution in [0.2, 0.25) is 5.15 Å². The van der Waals surface area contributed by atoms with Gasteiger partial charge in [0.15, 0.2) is 0 Å². The molecule has 1 fully saturated rings. The largest absolute Gasteiger partial charge is 0.322 e. The van der Waals surface area contributed by atoms with E-state index in [4.69, 9.17) is 11.6 Å². The number of nitrogens with zero attached hydrogens (tertiary/aromatic N) is 2. The summed E-state index contributed by atoms with van der Waals surface area (Å²) < 4.78 is 27.7. The van der Waals surface area contributed by atoms with Crippen LogP contribution in [-0.2, 0) is 10.0 Å². The van der Waals surface area contributed by atoms with Crippen molar-refractivity contribution in [1.29, 1.82) is 0 Å². The number of nitrogens with one attached hydrogen (secondary N) is 1. The SMILES string of the molecule is CC1CCCN(S(=O)(=O)c2ccc(NC(=O)c3cc(Br)cnc3Cl)cc2)C1. The fourth-order valence-corrected chi connectivity index (χ4v) is 5.12. The van der Waals surface area contributed by atoms with Gasteiger partial charge in [-0.1, -0.05) is 18.5 Å². The van der Waals surface area contributed by atoms with Crippen LogP contribution in [0.15, 0.2) is 45.9 Å². The molecule has 2 aromatic rings. The predicted molar refractivity (Wildman–Crippen MR) is 108 cm³/mol. The van der Waals surface area contributed by atoms with Gasteiger partial charge in [-0.25, -0.2) is 13.4 Å². The number of piperidine rings is 1. The maximum atomic E-state index is 12.8. The topological polar surface area (TPSA) is 79.4 Å². The van der Waals surface area contributed by atoms with E-state index < -0.39 is 15.9 Å². The number of rotatable bonds is 4.